The van der Waals surface area contributed by atoms with Gasteiger partial charge in [-0.3, -0.25) is 76.7 Å². The molecule has 2 N–H and O–H groups in total. The Labute approximate surface area is 612 Å². The predicted octanol–water partition coefficient (Wildman–Crippen LogP) is 1.69. The molecule has 0 aliphatic carbocycles. The topological polar surface area (TPSA) is 482 Å². The third-order valence-electron chi connectivity index (χ3n) is 14.7. The number of ether oxygens (including phenoxy) is 20. The van der Waals surface area contributed by atoms with E-state index in [1.165, 1.54) is 48.5 Å². The van der Waals surface area contributed by atoms with Crippen LogP contribution in [0.3, 0.4) is 0 Å². The number of nitrogens with one attached hydrogen (secondary N) is 2. The second-order valence-electron chi connectivity index (χ2n) is 23.5. The molecule has 2 amide bonds. The van der Waals surface area contributed by atoms with E-state index in [1.807, 2.05) is 0 Å². The number of benzene rings is 2. The number of esters is 14. The molecular formula is C66H80N2O36S2. The smallest absolute Gasteiger partial charge is 0.314 e. The van der Waals surface area contributed by atoms with Gasteiger partial charge in [-0.05, 0) is 48.5 Å². The third kappa shape index (κ3) is 25.9. The van der Waals surface area contributed by atoms with Crippen LogP contribution in [0.25, 0.3) is 0 Å². The molecule has 0 unspecified atom stereocenters. The molecule has 40 heteroatoms. The number of carbonyl (C=O) groups is 16. The number of amides is 2. The summed E-state index contributed by atoms with van der Waals surface area (Å²) in [4.78, 5) is 204. The zero-order valence-electron chi connectivity index (χ0n) is 59.5. The Bertz CT molecular complexity index is 3330. The van der Waals surface area contributed by atoms with Gasteiger partial charge in [0.15, 0.2) is 73.6 Å². The van der Waals surface area contributed by atoms with Crippen LogP contribution in [-0.4, -0.2) is 243 Å². The first-order valence-electron chi connectivity index (χ1n) is 32.2. The first kappa shape index (κ1) is 85.3. The van der Waals surface area contributed by atoms with Gasteiger partial charge in [-0.25, -0.2) is 0 Å². The minimum absolute atomic E-state index is 0.0701. The lowest BCUT2D eigenvalue weighted by molar-refractivity contribution is -0.341. The predicted molar refractivity (Wildman–Crippen MR) is 348 cm³/mol. The number of carbonyl (C=O) groups excluding carboxylic acids is 16. The molecule has 4 fully saturated rings. The summed E-state index contributed by atoms with van der Waals surface area (Å²) in [5.41, 5.74) is -2.61. The number of anilines is 2. The molecule has 38 nitrogen and oxygen atoms in total. The molecule has 0 saturated carbocycles. The van der Waals surface area contributed by atoms with Crippen LogP contribution in [0.15, 0.2) is 58.3 Å². The van der Waals surface area contributed by atoms with Crippen LogP contribution in [-0.2, 0) is 171 Å². The SMILES string of the molecule is CC(=O)OC[C@H]1O[C@@H](Sc2ccc(NC(=O)C(=O)Nc3ccc(S[C@@H]4O[C@H](COC(C)=O)[C@@H](O[C@H]5O[C@H](COC(C)=O)[C@@H](OC(C)=O)[C@H](OC(C)=O)[C@H]5OC(C)=O)[C@H](OC(C)=O)[C@H]4OC(C)=O)cc3)cc2)[C@H](OC(C)=O)[C@@H](OC(C)=O)[C@@H]1O[C@H]1O[C@H](COC(C)=O)[C@@H](OC(C)=O)[C@H](OC(C)=O)[C@H]1OC(C)=O. The lowest BCUT2D eigenvalue weighted by atomic mass is 9.96. The number of hydrogen-bond acceptors (Lipinski definition) is 38. The molecule has 6 rings (SSSR count). The highest BCUT2D eigenvalue weighted by Crippen LogP contribution is 2.43. The van der Waals surface area contributed by atoms with Gasteiger partial charge in [-0.2, -0.15) is 0 Å². The first-order chi connectivity index (χ1) is 49.8. The standard InChI is InChI=1S/C66H80N2O36S2/c1-27(69)85-23-45-49(89-31(5)73)53(91-33(7)75)57(95-37(11)79)63(99-45)103-51-47(25-87-29(3)71)101-65(59(97-39(13)81)55(51)93-35(9)77)105-43-19-15-41(16-20-43)67-61(83)62(84)68-42-17-21-44(22-18-42)106-66-60(98-40(14)82)56(94-36(10)78)52(48(102-66)26-88-30(4)72)104-64-58(96-38(12)80)54(92-34(8)76)50(90-32(6)74)46(100-64)24-86-28(2)70/h15-22,45-60,63-66H,23-26H2,1-14H3,(H,67,83)(H,68,84)/t45-,46-,47-,48-,49-,50-,51-,52-,53+,54+,55+,56+,57-,58-,59-,60-,63-,64-,65+,66+/m1/s1. The van der Waals surface area contributed by atoms with Crippen molar-refractivity contribution in [2.75, 3.05) is 37.1 Å². The fourth-order valence-electron chi connectivity index (χ4n) is 11.0. The van der Waals surface area contributed by atoms with E-state index in [2.05, 4.69) is 10.6 Å². The Kier molecular flexibility index (Phi) is 31.9. The van der Waals surface area contributed by atoms with E-state index in [0.717, 1.165) is 120 Å². The number of rotatable bonds is 28. The second-order valence-corrected chi connectivity index (χ2v) is 25.9. The average Bonchev–Trinajstić information content (AvgIpc) is 0.772. The first-order valence-corrected chi connectivity index (χ1v) is 34.0. The summed E-state index contributed by atoms with van der Waals surface area (Å²) in [6, 6.07) is 11.3. The van der Waals surface area contributed by atoms with Gasteiger partial charge in [0, 0.05) is 118 Å². The summed E-state index contributed by atoms with van der Waals surface area (Å²) in [6.07, 6.45) is -30.3. The van der Waals surface area contributed by atoms with Crippen molar-refractivity contribution in [2.45, 2.75) is 228 Å². The highest BCUT2D eigenvalue weighted by atomic mass is 32.2. The van der Waals surface area contributed by atoms with E-state index in [9.17, 15) is 76.7 Å². The summed E-state index contributed by atoms with van der Waals surface area (Å²) in [5, 5.41) is 4.92. The molecule has 4 saturated heterocycles. The highest BCUT2D eigenvalue weighted by molar-refractivity contribution is 8.00. The maximum Gasteiger partial charge on any atom is 0.314 e. The minimum atomic E-state index is -1.92. The summed E-state index contributed by atoms with van der Waals surface area (Å²) >= 11 is 1.74. The Morgan fingerprint density at radius 1 is 0.274 bits per heavy atom. The summed E-state index contributed by atoms with van der Waals surface area (Å²) < 4.78 is 115. The van der Waals surface area contributed by atoms with E-state index >= 15 is 0 Å². The Balaban J connectivity index is 1.22. The van der Waals surface area contributed by atoms with Crippen LogP contribution in [0.1, 0.15) is 96.9 Å². The summed E-state index contributed by atoms with van der Waals surface area (Å²) in [5.74, 6) is -15.2. The molecule has 0 spiro atoms. The molecule has 0 aromatic heterocycles. The van der Waals surface area contributed by atoms with Crippen LogP contribution < -0.4 is 10.6 Å². The molecule has 4 heterocycles. The average molecular weight is 1540 g/mol. The maximum atomic E-state index is 13.5. The van der Waals surface area contributed by atoms with Gasteiger partial charge >= 0.3 is 95.4 Å². The largest absolute Gasteiger partial charge is 0.463 e. The zero-order valence-corrected chi connectivity index (χ0v) is 61.1. The fraction of sp³-hybridized carbons (Fsp3) is 0.576. The van der Waals surface area contributed by atoms with Crippen LogP contribution >= 0.6 is 23.5 Å². The minimum Gasteiger partial charge on any atom is -0.463 e. The van der Waals surface area contributed by atoms with E-state index in [-0.39, 0.29) is 11.4 Å². The Morgan fingerprint density at radius 2 is 0.491 bits per heavy atom. The molecule has 2 aromatic carbocycles. The zero-order chi connectivity index (χ0) is 78.5. The monoisotopic (exact) mass is 1540 g/mol. The van der Waals surface area contributed by atoms with Crippen molar-refractivity contribution in [3.63, 3.8) is 0 Å². The normalized spacial score (nSPS) is 28.1. The summed E-state index contributed by atoms with van der Waals surface area (Å²) in [7, 11) is 0. The van der Waals surface area contributed by atoms with Crippen molar-refractivity contribution in [2.24, 2.45) is 0 Å². The maximum absolute atomic E-state index is 13.5. The van der Waals surface area contributed by atoms with E-state index in [4.69, 9.17) is 94.7 Å². The molecule has 4 aliphatic heterocycles. The van der Waals surface area contributed by atoms with Crippen molar-refractivity contribution in [1.82, 2.24) is 0 Å². The quantitative estimate of drug-likeness (QED) is 0.0695. The van der Waals surface area contributed by atoms with Gasteiger partial charge in [0.2, 0.25) is 0 Å². The van der Waals surface area contributed by atoms with Crippen molar-refractivity contribution in [3.05, 3.63) is 48.5 Å². The van der Waals surface area contributed by atoms with Crippen molar-refractivity contribution in [1.29, 1.82) is 0 Å². The Hall–Kier alpha value is -9.58. The van der Waals surface area contributed by atoms with Crippen LogP contribution in [0.2, 0.25) is 0 Å². The van der Waals surface area contributed by atoms with E-state index in [0.29, 0.717) is 9.79 Å². The van der Waals surface area contributed by atoms with E-state index < -0.39 is 243 Å². The molecule has 4 aliphatic rings. The van der Waals surface area contributed by atoms with Gasteiger partial charge in [0.05, 0.1) is 0 Å². The van der Waals surface area contributed by atoms with Gasteiger partial charge < -0.3 is 105 Å². The molecule has 0 bridgehead atoms. The van der Waals surface area contributed by atoms with Crippen molar-refractivity contribution < 1.29 is 171 Å². The summed E-state index contributed by atoms with van der Waals surface area (Å²) in [6.45, 7) is 11.7. The number of hydrogen-bond donors (Lipinski definition) is 2. The highest BCUT2D eigenvalue weighted by Gasteiger charge is 2.60. The van der Waals surface area contributed by atoms with Gasteiger partial charge in [-0.15, -0.1) is 0 Å². The lowest BCUT2D eigenvalue weighted by Crippen LogP contribution is -2.66. The van der Waals surface area contributed by atoms with Crippen LogP contribution in [0.5, 0.6) is 0 Å². The third-order valence-corrected chi connectivity index (χ3v) is 17.0. The molecular weight excluding hydrogens is 1460 g/mol. The lowest BCUT2D eigenvalue weighted by Gasteiger charge is -2.48. The van der Waals surface area contributed by atoms with Gasteiger partial charge in [0.1, 0.15) is 73.9 Å². The van der Waals surface area contributed by atoms with Crippen LogP contribution in [0, 0.1) is 0 Å². The van der Waals surface area contributed by atoms with Crippen molar-refractivity contribution >= 4 is 130 Å². The molecule has 20 atom stereocenters. The van der Waals surface area contributed by atoms with Crippen LogP contribution in [0.4, 0.5) is 11.4 Å². The van der Waals surface area contributed by atoms with Gasteiger partial charge in [0.25, 0.3) is 0 Å². The molecule has 106 heavy (non-hydrogen) atoms. The molecule has 2 aromatic rings. The van der Waals surface area contributed by atoms with Crippen molar-refractivity contribution in [3.8, 4) is 0 Å². The van der Waals surface area contributed by atoms with E-state index in [1.54, 1.807) is 0 Å². The second kappa shape index (κ2) is 39.7. The van der Waals surface area contributed by atoms with Gasteiger partial charge in [-0.1, -0.05) is 23.5 Å². The number of thioether (sulfide) groups is 2. The molecule has 582 valence electrons. The fourth-order valence-corrected chi connectivity index (χ4v) is 13.2. The molecule has 0 radical (unpaired) electrons. The Morgan fingerprint density at radius 3 is 0.736 bits per heavy atom.